The number of halogens is 1. The lowest BCUT2D eigenvalue weighted by molar-refractivity contribution is -0.135. The summed E-state index contributed by atoms with van der Waals surface area (Å²) in [5.41, 5.74) is 1.25. The van der Waals surface area contributed by atoms with Gasteiger partial charge in [0.2, 0.25) is 0 Å². The first-order chi connectivity index (χ1) is 11.0. The second kappa shape index (κ2) is 7.71. The zero-order chi connectivity index (χ0) is 16.8. The Balaban J connectivity index is 2.08. The summed E-state index contributed by atoms with van der Waals surface area (Å²) in [4.78, 5) is 22.9. The van der Waals surface area contributed by atoms with Gasteiger partial charge in [0.1, 0.15) is 6.07 Å². The number of nitrogens with one attached hydrogen (secondary N) is 1. The summed E-state index contributed by atoms with van der Waals surface area (Å²) in [6.07, 6.45) is 2.57. The summed E-state index contributed by atoms with van der Waals surface area (Å²) >= 11 is 4.27. The number of ether oxygens (including phenoxy) is 1. The van der Waals surface area contributed by atoms with E-state index in [1.54, 1.807) is 18.2 Å². The number of thioether (sulfide) groups is 1. The highest BCUT2D eigenvalue weighted by Crippen LogP contribution is 2.23. The van der Waals surface area contributed by atoms with Crippen molar-refractivity contribution in [3.05, 3.63) is 44.8 Å². The number of amides is 1. The lowest BCUT2D eigenvalue weighted by atomic mass is 10.2. The van der Waals surface area contributed by atoms with Crippen LogP contribution >= 0.6 is 27.7 Å². The Hall–Kier alpha value is -2.44. The van der Waals surface area contributed by atoms with E-state index in [9.17, 15) is 9.59 Å². The van der Waals surface area contributed by atoms with Crippen LogP contribution in [0.5, 0.6) is 0 Å². The minimum absolute atomic E-state index is 0.187. The van der Waals surface area contributed by atoms with Gasteiger partial charge in [-0.3, -0.25) is 10.1 Å². The fraction of sp³-hybridized carbons (Fsp3) is 0.0714. The van der Waals surface area contributed by atoms with Gasteiger partial charge >= 0.3 is 5.97 Å². The fourth-order valence-electron chi connectivity index (χ4n) is 1.49. The van der Waals surface area contributed by atoms with Gasteiger partial charge in [-0.05, 0) is 45.4 Å². The van der Waals surface area contributed by atoms with Gasteiger partial charge in [0, 0.05) is 10.5 Å². The SMILES string of the molecule is COC(=O)/C=C1/S/C(=N\N=Cc2ccc(C#N)c(Br)c2)NC1=O. The monoisotopic (exact) mass is 392 g/mol. The number of rotatable bonds is 3. The standard InChI is InChI=1S/C14H9BrN4O3S/c1-22-12(20)5-11-13(21)18-14(23-11)19-17-7-8-2-3-9(6-16)10(15)4-8/h2-5,7H,1H3,(H,18,19,21)/b11-5+,17-7?. The Bertz CT molecular complexity index is 796. The van der Waals surface area contributed by atoms with Crippen LogP contribution in [0.2, 0.25) is 0 Å². The molecule has 1 N–H and O–H groups in total. The van der Waals surface area contributed by atoms with Crippen LogP contribution in [0.25, 0.3) is 0 Å². The molecule has 0 atom stereocenters. The van der Waals surface area contributed by atoms with Crippen molar-refractivity contribution in [2.45, 2.75) is 0 Å². The van der Waals surface area contributed by atoms with Crippen molar-refractivity contribution < 1.29 is 14.3 Å². The second-order valence-corrected chi connectivity index (χ2v) is 5.97. The normalized spacial score (nSPS) is 17.5. The summed E-state index contributed by atoms with van der Waals surface area (Å²) < 4.78 is 5.12. The number of methoxy groups -OCH3 is 1. The molecule has 0 aliphatic carbocycles. The molecule has 0 radical (unpaired) electrons. The zero-order valence-corrected chi connectivity index (χ0v) is 14.1. The minimum atomic E-state index is -0.616. The predicted octanol–water partition coefficient (Wildman–Crippen LogP) is 1.93. The van der Waals surface area contributed by atoms with Gasteiger partial charge in [0.05, 0.1) is 23.8 Å². The van der Waals surface area contributed by atoms with Gasteiger partial charge in [-0.25, -0.2) is 4.79 Å². The van der Waals surface area contributed by atoms with Crippen LogP contribution in [0.4, 0.5) is 0 Å². The number of carbonyl (C=O) groups is 2. The number of carbonyl (C=O) groups excluding carboxylic acids is 2. The Labute approximate surface area is 144 Å². The van der Waals surface area contributed by atoms with Crippen LogP contribution < -0.4 is 5.32 Å². The van der Waals surface area contributed by atoms with Crippen molar-refractivity contribution in [3.63, 3.8) is 0 Å². The smallest absolute Gasteiger partial charge is 0.331 e. The van der Waals surface area contributed by atoms with Crippen LogP contribution in [0.3, 0.4) is 0 Å². The number of amidine groups is 1. The second-order valence-electron chi connectivity index (χ2n) is 4.09. The van der Waals surface area contributed by atoms with E-state index in [0.29, 0.717) is 10.0 Å². The molecule has 2 rings (SSSR count). The maximum absolute atomic E-state index is 11.6. The zero-order valence-electron chi connectivity index (χ0n) is 11.7. The average molecular weight is 393 g/mol. The highest BCUT2D eigenvalue weighted by atomic mass is 79.9. The molecule has 1 aliphatic rings. The third kappa shape index (κ3) is 4.51. The van der Waals surface area contributed by atoms with Crippen molar-refractivity contribution in [3.8, 4) is 6.07 Å². The van der Waals surface area contributed by atoms with Gasteiger partial charge in [-0.1, -0.05) is 6.07 Å². The number of hydrogen-bond donors (Lipinski definition) is 1. The quantitative estimate of drug-likeness (QED) is 0.366. The van der Waals surface area contributed by atoms with Crippen LogP contribution in [0.15, 0.2) is 43.9 Å². The predicted molar refractivity (Wildman–Crippen MR) is 89.7 cm³/mol. The Kier molecular flexibility index (Phi) is 5.67. The minimum Gasteiger partial charge on any atom is -0.466 e. The molecule has 1 heterocycles. The Morgan fingerprint density at radius 3 is 2.96 bits per heavy atom. The molecule has 1 fully saturated rings. The number of nitrogens with zero attached hydrogens (tertiary/aromatic N) is 3. The molecule has 1 aliphatic heterocycles. The van der Waals surface area contributed by atoms with E-state index >= 15 is 0 Å². The first kappa shape index (κ1) is 16.9. The summed E-state index contributed by atoms with van der Waals surface area (Å²) in [6, 6.07) is 7.14. The lowest BCUT2D eigenvalue weighted by Gasteiger charge is -1.96. The molecule has 1 amide bonds. The lowest BCUT2D eigenvalue weighted by Crippen LogP contribution is -2.19. The molecule has 1 aromatic rings. The summed E-state index contributed by atoms with van der Waals surface area (Å²) in [6.45, 7) is 0. The van der Waals surface area contributed by atoms with E-state index in [1.165, 1.54) is 13.3 Å². The third-order valence-electron chi connectivity index (χ3n) is 2.57. The molecule has 9 heteroatoms. The van der Waals surface area contributed by atoms with Crippen molar-refractivity contribution in [1.82, 2.24) is 5.32 Å². The molecule has 1 aromatic carbocycles. The van der Waals surface area contributed by atoms with Gasteiger partial charge in [0.15, 0.2) is 5.17 Å². The van der Waals surface area contributed by atoms with E-state index in [1.807, 2.05) is 6.07 Å². The topological polar surface area (TPSA) is 104 Å². The van der Waals surface area contributed by atoms with Crippen LogP contribution in [0.1, 0.15) is 11.1 Å². The van der Waals surface area contributed by atoms with Crippen LogP contribution in [-0.2, 0) is 14.3 Å². The van der Waals surface area contributed by atoms with Crippen molar-refractivity contribution in [2.75, 3.05) is 7.11 Å². The fourth-order valence-corrected chi connectivity index (χ4v) is 2.72. The van der Waals surface area contributed by atoms with E-state index in [-0.39, 0.29) is 10.1 Å². The maximum atomic E-state index is 11.6. The molecule has 1 saturated heterocycles. The van der Waals surface area contributed by atoms with E-state index in [0.717, 1.165) is 23.4 Å². The van der Waals surface area contributed by atoms with Crippen molar-refractivity contribution in [2.24, 2.45) is 10.2 Å². The first-order valence-electron chi connectivity index (χ1n) is 6.13. The molecule has 0 spiro atoms. The van der Waals surface area contributed by atoms with E-state index < -0.39 is 11.9 Å². The molecule has 0 aromatic heterocycles. The Morgan fingerprint density at radius 1 is 1.52 bits per heavy atom. The molecule has 0 unspecified atom stereocenters. The summed E-state index contributed by atoms with van der Waals surface area (Å²) in [5, 5.41) is 19.3. The number of benzene rings is 1. The molecular formula is C14H9BrN4O3S. The largest absolute Gasteiger partial charge is 0.466 e. The van der Waals surface area contributed by atoms with E-state index in [2.05, 4.69) is 36.2 Å². The van der Waals surface area contributed by atoms with Crippen LogP contribution in [-0.4, -0.2) is 30.4 Å². The van der Waals surface area contributed by atoms with Crippen molar-refractivity contribution >= 4 is 51.0 Å². The first-order valence-corrected chi connectivity index (χ1v) is 7.74. The van der Waals surface area contributed by atoms with Gasteiger partial charge in [-0.2, -0.15) is 10.4 Å². The molecule has 23 heavy (non-hydrogen) atoms. The van der Waals surface area contributed by atoms with Gasteiger partial charge in [-0.15, -0.1) is 5.10 Å². The highest BCUT2D eigenvalue weighted by molar-refractivity contribution is 9.10. The van der Waals surface area contributed by atoms with E-state index in [4.69, 9.17) is 5.26 Å². The molecule has 7 nitrogen and oxygen atoms in total. The molecule has 0 bridgehead atoms. The van der Waals surface area contributed by atoms with Gasteiger partial charge < -0.3 is 4.74 Å². The third-order valence-corrected chi connectivity index (χ3v) is 4.13. The summed E-state index contributed by atoms with van der Waals surface area (Å²) in [5.74, 6) is -1.05. The maximum Gasteiger partial charge on any atom is 0.331 e. The number of nitriles is 1. The van der Waals surface area contributed by atoms with Gasteiger partial charge in [0.25, 0.3) is 5.91 Å². The Morgan fingerprint density at radius 2 is 2.30 bits per heavy atom. The highest BCUT2D eigenvalue weighted by Gasteiger charge is 2.24. The molecular weight excluding hydrogens is 384 g/mol. The van der Waals surface area contributed by atoms with Crippen molar-refractivity contribution in [1.29, 1.82) is 5.26 Å². The number of hydrogen-bond acceptors (Lipinski definition) is 7. The molecule has 0 saturated carbocycles. The summed E-state index contributed by atoms with van der Waals surface area (Å²) in [7, 11) is 1.23. The van der Waals surface area contributed by atoms with Crippen LogP contribution in [0, 0.1) is 11.3 Å². The average Bonchev–Trinajstić information content (AvgIpc) is 2.87. The number of esters is 1. The molecule has 116 valence electrons.